The average molecular weight is 287 g/mol. The van der Waals surface area contributed by atoms with Gasteiger partial charge >= 0.3 is 0 Å². The molecule has 1 aromatic heterocycles. The van der Waals surface area contributed by atoms with Gasteiger partial charge in [-0.25, -0.2) is 0 Å². The number of benzene rings is 1. The van der Waals surface area contributed by atoms with Crippen molar-refractivity contribution < 1.29 is 4.92 Å². The monoisotopic (exact) mass is 287 g/mol. The standard InChI is InChI=1S/C16H21N3O2/c1-12-13(2)18(10-9-17-7-3-4-8-17)16-6-5-14(19(20)21)11-15(12)16/h5-6,11H,3-4,7-10H2,1-2H3. The summed E-state index contributed by atoms with van der Waals surface area (Å²) in [7, 11) is 0. The molecule has 0 aliphatic carbocycles. The van der Waals surface area contributed by atoms with Crippen LogP contribution in [0.5, 0.6) is 0 Å². The number of rotatable bonds is 4. The summed E-state index contributed by atoms with van der Waals surface area (Å²) in [6.07, 6.45) is 2.60. The number of aromatic nitrogens is 1. The summed E-state index contributed by atoms with van der Waals surface area (Å²) >= 11 is 0. The number of nitro benzene ring substituents is 1. The molecule has 0 N–H and O–H groups in total. The second-order valence-electron chi connectivity index (χ2n) is 5.87. The van der Waals surface area contributed by atoms with Crippen LogP contribution in [-0.2, 0) is 6.54 Å². The SMILES string of the molecule is Cc1c(C)n(CCN2CCCC2)c2ccc([N+](=O)[O-])cc12. The highest BCUT2D eigenvalue weighted by Gasteiger charge is 2.16. The number of nitrogens with zero attached hydrogens (tertiary/aromatic N) is 3. The average Bonchev–Trinajstić information content (AvgIpc) is 3.06. The predicted molar refractivity (Wildman–Crippen MR) is 83.7 cm³/mol. The molecule has 1 aromatic carbocycles. The fraction of sp³-hybridized carbons (Fsp3) is 0.500. The lowest BCUT2D eigenvalue weighted by atomic mass is 10.1. The van der Waals surface area contributed by atoms with Crippen molar-refractivity contribution in [2.75, 3.05) is 19.6 Å². The van der Waals surface area contributed by atoms with Crippen LogP contribution in [0.25, 0.3) is 10.9 Å². The van der Waals surface area contributed by atoms with Gasteiger partial charge in [-0.3, -0.25) is 10.1 Å². The van der Waals surface area contributed by atoms with Crippen molar-refractivity contribution in [1.29, 1.82) is 0 Å². The molecule has 0 atom stereocenters. The number of hydrogen-bond donors (Lipinski definition) is 0. The van der Waals surface area contributed by atoms with E-state index in [-0.39, 0.29) is 10.6 Å². The van der Waals surface area contributed by atoms with E-state index in [9.17, 15) is 10.1 Å². The molecule has 1 saturated heterocycles. The molecule has 0 saturated carbocycles. The predicted octanol–water partition coefficient (Wildman–Crippen LogP) is 3.26. The van der Waals surface area contributed by atoms with E-state index in [1.54, 1.807) is 12.1 Å². The minimum Gasteiger partial charge on any atom is -0.343 e. The molecule has 112 valence electrons. The molecule has 2 aromatic rings. The Hall–Kier alpha value is -1.88. The van der Waals surface area contributed by atoms with Gasteiger partial charge in [0.15, 0.2) is 0 Å². The van der Waals surface area contributed by atoms with E-state index in [4.69, 9.17) is 0 Å². The highest BCUT2D eigenvalue weighted by molar-refractivity contribution is 5.87. The van der Waals surface area contributed by atoms with Gasteiger partial charge in [-0.05, 0) is 51.4 Å². The third-order valence-corrected chi connectivity index (χ3v) is 4.67. The first-order valence-corrected chi connectivity index (χ1v) is 7.54. The van der Waals surface area contributed by atoms with Gasteiger partial charge in [-0.2, -0.15) is 0 Å². The summed E-state index contributed by atoms with van der Waals surface area (Å²) in [5.74, 6) is 0. The molecule has 0 spiro atoms. The van der Waals surface area contributed by atoms with Gasteiger partial charge in [0, 0.05) is 41.8 Å². The molecule has 0 radical (unpaired) electrons. The Balaban J connectivity index is 1.94. The molecule has 1 fully saturated rings. The quantitative estimate of drug-likeness (QED) is 0.640. The van der Waals surface area contributed by atoms with Crippen LogP contribution in [0.15, 0.2) is 18.2 Å². The smallest absolute Gasteiger partial charge is 0.270 e. The van der Waals surface area contributed by atoms with Crippen LogP contribution in [0.1, 0.15) is 24.1 Å². The summed E-state index contributed by atoms with van der Waals surface area (Å²) in [6, 6.07) is 5.19. The first kappa shape index (κ1) is 14.1. The van der Waals surface area contributed by atoms with E-state index in [0.717, 1.165) is 29.6 Å². The summed E-state index contributed by atoms with van der Waals surface area (Å²) in [5, 5.41) is 11.9. The van der Waals surface area contributed by atoms with Crippen LogP contribution < -0.4 is 0 Å². The first-order chi connectivity index (χ1) is 10.1. The van der Waals surface area contributed by atoms with E-state index in [1.807, 2.05) is 13.0 Å². The third-order valence-electron chi connectivity index (χ3n) is 4.67. The van der Waals surface area contributed by atoms with Crippen molar-refractivity contribution in [3.05, 3.63) is 39.6 Å². The van der Waals surface area contributed by atoms with E-state index < -0.39 is 0 Å². The molecule has 2 heterocycles. The van der Waals surface area contributed by atoms with Gasteiger partial charge in [0.05, 0.1) is 4.92 Å². The Kier molecular flexibility index (Phi) is 3.68. The summed E-state index contributed by atoms with van der Waals surface area (Å²) < 4.78 is 2.30. The zero-order valence-corrected chi connectivity index (χ0v) is 12.6. The highest BCUT2D eigenvalue weighted by Crippen LogP contribution is 2.28. The molecule has 0 amide bonds. The number of hydrogen-bond acceptors (Lipinski definition) is 3. The lowest BCUT2D eigenvalue weighted by Gasteiger charge is -2.16. The van der Waals surface area contributed by atoms with Crippen molar-refractivity contribution in [2.45, 2.75) is 33.2 Å². The Morgan fingerprint density at radius 1 is 1.19 bits per heavy atom. The minimum atomic E-state index is -0.324. The zero-order valence-electron chi connectivity index (χ0n) is 12.6. The molecule has 3 rings (SSSR count). The fourth-order valence-corrected chi connectivity index (χ4v) is 3.29. The van der Waals surface area contributed by atoms with Crippen LogP contribution in [0.3, 0.4) is 0 Å². The van der Waals surface area contributed by atoms with E-state index in [0.29, 0.717) is 0 Å². The molecule has 1 aliphatic heterocycles. The molecular weight excluding hydrogens is 266 g/mol. The third kappa shape index (κ3) is 2.53. The molecule has 5 nitrogen and oxygen atoms in total. The molecular formula is C16H21N3O2. The number of aryl methyl sites for hydroxylation is 1. The summed E-state index contributed by atoms with van der Waals surface area (Å²) in [5.41, 5.74) is 3.64. The number of likely N-dealkylation sites (tertiary alicyclic amines) is 1. The maximum atomic E-state index is 10.9. The van der Waals surface area contributed by atoms with Crippen LogP contribution in [0, 0.1) is 24.0 Å². The number of non-ortho nitro benzene ring substituents is 1. The Morgan fingerprint density at radius 3 is 2.57 bits per heavy atom. The number of fused-ring (bicyclic) bond motifs is 1. The van der Waals surface area contributed by atoms with Crippen molar-refractivity contribution in [3.8, 4) is 0 Å². The van der Waals surface area contributed by atoms with Gasteiger partial charge in [-0.15, -0.1) is 0 Å². The largest absolute Gasteiger partial charge is 0.343 e. The second-order valence-corrected chi connectivity index (χ2v) is 5.87. The summed E-state index contributed by atoms with van der Waals surface area (Å²) in [4.78, 5) is 13.1. The van der Waals surface area contributed by atoms with Gasteiger partial charge in [0.25, 0.3) is 5.69 Å². The first-order valence-electron chi connectivity index (χ1n) is 7.54. The van der Waals surface area contributed by atoms with Crippen LogP contribution in [0.4, 0.5) is 5.69 Å². The normalized spacial score (nSPS) is 15.9. The molecule has 0 bridgehead atoms. The van der Waals surface area contributed by atoms with Gasteiger partial charge in [0.2, 0.25) is 0 Å². The van der Waals surface area contributed by atoms with E-state index in [1.165, 1.54) is 31.6 Å². The molecule has 1 aliphatic rings. The summed E-state index contributed by atoms with van der Waals surface area (Å²) in [6.45, 7) is 8.55. The van der Waals surface area contributed by atoms with Gasteiger partial charge in [0.1, 0.15) is 0 Å². The Labute approximate surface area is 124 Å². The second kappa shape index (κ2) is 5.48. The van der Waals surface area contributed by atoms with Gasteiger partial charge < -0.3 is 9.47 Å². The van der Waals surface area contributed by atoms with Crippen molar-refractivity contribution >= 4 is 16.6 Å². The molecule has 5 heteroatoms. The van der Waals surface area contributed by atoms with Crippen LogP contribution >= 0.6 is 0 Å². The maximum absolute atomic E-state index is 10.9. The lowest BCUT2D eigenvalue weighted by molar-refractivity contribution is -0.384. The van der Waals surface area contributed by atoms with Gasteiger partial charge in [-0.1, -0.05) is 0 Å². The topological polar surface area (TPSA) is 51.3 Å². The van der Waals surface area contributed by atoms with E-state index in [2.05, 4.69) is 16.4 Å². The van der Waals surface area contributed by atoms with Crippen molar-refractivity contribution in [1.82, 2.24) is 9.47 Å². The van der Waals surface area contributed by atoms with Crippen molar-refractivity contribution in [3.63, 3.8) is 0 Å². The maximum Gasteiger partial charge on any atom is 0.270 e. The van der Waals surface area contributed by atoms with E-state index >= 15 is 0 Å². The Bertz CT molecular complexity index is 684. The zero-order chi connectivity index (χ0) is 15.0. The molecule has 21 heavy (non-hydrogen) atoms. The van der Waals surface area contributed by atoms with Crippen molar-refractivity contribution in [2.24, 2.45) is 0 Å². The lowest BCUT2D eigenvalue weighted by Crippen LogP contribution is -2.24. The van der Waals surface area contributed by atoms with Crippen LogP contribution in [0.2, 0.25) is 0 Å². The Morgan fingerprint density at radius 2 is 1.90 bits per heavy atom. The molecule has 0 unspecified atom stereocenters. The van der Waals surface area contributed by atoms with Crippen LogP contribution in [-0.4, -0.2) is 34.0 Å². The number of nitro groups is 1. The minimum absolute atomic E-state index is 0.169. The fourth-order valence-electron chi connectivity index (χ4n) is 3.29. The highest BCUT2D eigenvalue weighted by atomic mass is 16.6.